The molecule has 0 heterocycles. The van der Waals surface area contributed by atoms with Crippen LogP contribution in [0.2, 0.25) is 0 Å². The summed E-state index contributed by atoms with van der Waals surface area (Å²) >= 11 is 0. The minimum Gasteiger partial charge on any atom is -0.409 e. The van der Waals surface area contributed by atoms with Crippen LogP contribution in [0.15, 0.2) is 29.4 Å². The van der Waals surface area contributed by atoms with E-state index < -0.39 is 0 Å². The third-order valence-electron chi connectivity index (χ3n) is 3.13. The molecule has 1 aromatic rings. The fraction of sp³-hybridized carbons (Fsp3) is 0.462. The maximum Gasteiger partial charge on any atom is 0.170 e. The van der Waals surface area contributed by atoms with Crippen molar-refractivity contribution in [3.63, 3.8) is 0 Å². The largest absolute Gasteiger partial charge is 0.409 e. The number of aliphatic hydroxyl groups excluding tert-OH is 1. The summed E-state index contributed by atoms with van der Waals surface area (Å²) in [6.07, 6.45) is 0. The van der Waals surface area contributed by atoms with Crippen molar-refractivity contribution in [3.8, 4) is 0 Å². The Morgan fingerprint density at radius 1 is 1.33 bits per heavy atom. The molecule has 0 fully saturated rings. The summed E-state index contributed by atoms with van der Waals surface area (Å²) in [5.74, 6) is 0.332. The van der Waals surface area contributed by atoms with Crippen LogP contribution in [-0.2, 0) is 6.54 Å². The van der Waals surface area contributed by atoms with Crippen molar-refractivity contribution in [3.05, 3.63) is 35.4 Å². The zero-order chi connectivity index (χ0) is 13.5. The first-order valence-electron chi connectivity index (χ1n) is 5.99. The van der Waals surface area contributed by atoms with Gasteiger partial charge in [-0.15, -0.1) is 0 Å². The monoisotopic (exact) mass is 251 g/mol. The molecule has 0 spiro atoms. The summed E-state index contributed by atoms with van der Waals surface area (Å²) in [4.78, 5) is 0. The third kappa shape index (κ3) is 4.01. The predicted octanol–water partition coefficient (Wildman–Crippen LogP) is 0.888. The molecule has 18 heavy (non-hydrogen) atoms. The molecule has 0 aliphatic carbocycles. The lowest BCUT2D eigenvalue weighted by Gasteiger charge is -2.19. The molecule has 0 saturated carbocycles. The lowest BCUT2D eigenvalue weighted by atomic mass is 10.0. The summed E-state index contributed by atoms with van der Waals surface area (Å²) in [7, 11) is 0. The molecule has 0 aliphatic heterocycles. The molecule has 1 rings (SSSR count). The Bertz CT molecular complexity index is 390. The number of hydrogen-bond donors (Lipinski definition) is 4. The van der Waals surface area contributed by atoms with Gasteiger partial charge in [0.25, 0.3) is 0 Å². The van der Waals surface area contributed by atoms with Crippen LogP contribution in [0, 0.1) is 5.92 Å². The van der Waals surface area contributed by atoms with E-state index >= 15 is 0 Å². The zero-order valence-electron chi connectivity index (χ0n) is 10.8. The molecule has 0 aromatic heterocycles. The molecule has 0 saturated heterocycles. The van der Waals surface area contributed by atoms with Gasteiger partial charge in [0.1, 0.15) is 0 Å². The topological polar surface area (TPSA) is 90.9 Å². The van der Waals surface area contributed by atoms with Gasteiger partial charge in [-0.05, 0) is 18.4 Å². The average Bonchev–Trinajstić information content (AvgIpc) is 2.43. The Balaban J connectivity index is 2.54. The minimum absolute atomic E-state index is 0.108. The summed E-state index contributed by atoms with van der Waals surface area (Å²) in [5, 5.41) is 23.9. The van der Waals surface area contributed by atoms with E-state index in [1.54, 1.807) is 0 Å². The third-order valence-corrected chi connectivity index (χ3v) is 3.13. The highest BCUT2D eigenvalue weighted by Crippen LogP contribution is 2.06. The van der Waals surface area contributed by atoms with E-state index in [-0.39, 0.29) is 24.4 Å². The van der Waals surface area contributed by atoms with Crippen LogP contribution >= 0.6 is 0 Å². The normalized spacial score (nSPS) is 15.4. The number of nitrogens with zero attached hydrogens (tertiary/aromatic N) is 1. The van der Waals surface area contributed by atoms with Gasteiger partial charge >= 0.3 is 0 Å². The van der Waals surface area contributed by atoms with E-state index in [0.717, 1.165) is 12.1 Å². The molecule has 5 N–H and O–H groups in total. The van der Waals surface area contributed by atoms with Gasteiger partial charge in [-0.25, -0.2) is 0 Å². The quantitative estimate of drug-likeness (QED) is 0.261. The van der Waals surface area contributed by atoms with Gasteiger partial charge < -0.3 is 21.4 Å². The number of oxime groups is 1. The van der Waals surface area contributed by atoms with Gasteiger partial charge in [0.05, 0.1) is 0 Å². The molecule has 0 aliphatic rings. The number of benzene rings is 1. The Hall–Kier alpha value is -1.59. The maximum atomic E-state index is 9.04. The number of nitrogens with one attached hydrogen (secondary N) is 1. The van der Waals surface area contributed by atoms with Crippen molar-refractivity contribution in [2.45, 2.75) is 26.4 Å². The lowest BCUT2D eigenvalue weighted by molar-refractivity contribution is 0.207. The Morgan fingerprint density at radius 3 is 2.44 bits per heavy atom. The highest BCUT2D eigenvalue weighted by Gasteiger charge is 2.09. The maximum absolute atomic E-state index is 9.04. The number of hydrogen-bond acceptors (Lipinski definition) is 4. The number of rotatable bonds is 6. The van der Waals surface area contributed by atoms with Gasteiger partial charge in [-0.1, -0.05) is 36.3 Å². The van der Waals surface area contributed by atoms with Crippen LogP contribution in [0.1, 0.15) is 25.0 Å². The SMILES string of the molecule is CC(CO)C(C)NCc1ccc(/C(N)=N/O)cc1. The van der Waals surface area contributed by atoms with Gasteiger partial charge in [0.15, 0.2) is 5.84 Å². The Morgan fingerprint density at radius 2 is 1.94 bits per heavy atom. The summed E-state index contributed by atoms with van der Waals surface area (Å²) in [6, 6.07) is 7.73. The summed E-state index contributed by atoms with van der Waals surface area (Å²) in [6.45, 7) is 4.95. The standard InChI is InChI=1S/C13H21N3O2/c1-9(8-17)10(2)15-7-11-3-5-12(6-4-11)13(14)16-18/h3-6,9-10,15,17-18H,7-8H2,1-2H3,(H2,14,16). The second kappa shape index (κ2) is 6.98. The van der Waals surface area contributed by atoms with Crippen LogP contribution in [0.5, 0.6) is 0 Å². The predicted molar refractivity (Wildman–Crippen MR) is 71.5 cm³/mol. The first-order chi connectivity index (χ1) is 8.58. The minimum atomic E-state index is 0.108. The van der Waals surface area contributed by atoms with Crippen LogP contribution in [-0.4, -0.2) is 28.8 Å². The van der Waals surface area contributed by atoms with Gasteiger partial charge in [0, 0.05) is 24.8 Å². The molecule has 0 amide bonds. The molecule has 5 nitrogen and oxygen atoms in total. The second-order valence-corrected chi connectivity index (χ2v) is 4.51. The number of aliphatic hydroxyl groups is 1. The van der Waals surface area contributed by atoms with Gasteiger partial charge in [0.2, 0.25) is 0 Å². The van der Waals surface area contributed by atoms with E-state index in [9.17, 15) is 0 Å². The Labute approximate surface area is 107 Å². The lowest BCUT2D eigenvalue weighted by Crippen LogP contribution is -2.33. The molecular formula is C13H21N3O2. The first kappa shape index (κ1) is 14.5. The van der Waals surface area contributed by atoms with Crippen molar-refractivity contribution >= 4 is 5.84 Å². The van der Waals surface area contributed by atoms with E-state index in [1.165, 1.54) is 0 Å². The molecule has 2 atom stereocenters. The molecule has 0 radical (unpaired) electrons. The number of nitrogens with two attached hydrogens (primary N) is 1. The highest BCUT2D eigenvalue weighted by atomic mass is 16.4. The van der Waals surface area contributed by atoms with Crippen molar-refractivity contribution in [1.29, 1.82) is 0 Å². The molecule has 0 bridgehead atoms. The van der Waals surface area contributed by atoms with Gasteiger partial charge in [-0.3, -0.25) is 0 Å². The number of amidine groups is 1. The summed E-state index contributed by atoms with van der Waals surface area (Å²) < 4.78 is 0. The second-order valence-electron chi connectivity index (χ2n) is 4.51. The fourth-order valence-electron chi connectivity index (χ4n) is 1.49. The fourth-order valence-corrected chi connectivity index (χ4v) is 1.49. The van der Waals surface area contributed by atoms with Crippen molar-refractivity contribution in [2.75, 3.05) is 6.61 Å². The van der Waals surface area contributed by atoms with Crippen LogP contribution in [0.3, 0.4) is 0 Å². The van der Waals surface area contributed by atoms with Crippen LogP contribution in [0.4, 0.5) is 0 Å². The highest BCUT2D eigenvalue weighted by molar-refractivity contribution is 5.96. The molecule has 2 unspecified atom stereocenters. The smallest absolute Gasteiger partial charge is 0.170 e. The van der Waals surface area contributed by atoms with Crippen molar-refractivity contribution < 1.29 is 10.3 Å². The first-order valence-corrected chi connectivity index (χ1v) is 5.99. The Kier molecular flexibility index (Phi) is 5.61. The van der Waals surface area contributed by atoms with Crippen LogP contribution in [0.25, 0.3) is 0 Å². The zero-order valence-corrected chi connectivity index (χ0v) is 10.8. The van der Waals surface area contributed by atoms with E-state index in [1.807, 2.05) is 38.1 Å². The van der Waals surface area contributed by atoms with Crippen molar-refractivity contribution in [2.24, 2.45) is 16.8 Å². The summed E-state index contributed by atoms with van der Waals surface area (Å²) in [5.41, 5.74) is 7.29. The molecule has 1 aromatic carbocycles. The average molecular weight is 251 g/mol. The van der Waals surface area contributed by atoms with E-state index in [4.69, 9.17) is 16.0 Å². The molecule has 5 heteroatoms. The van der Waals surface area contributed by atoms with Crippen molar-refractivity contribution in [1.82, 2.24) is 5.32 Å². The molecule has 100 valence electrons. The van der Waals surface area contributed by atoms with Crippen LogP contribution < -0.4 is 11.1 Å². The van der Waals surface area contributed by atoms with Gasteiger partial charge in [-0.2, -0.15) is 0 Å². The molecular weight excluding hydrogens is 230 g/mol. The van der Waals surface area contributed by atoms with E-state index in [2.05, 4.69) is 10.5 Å². The van der Waals surface area contributed by atoms with E-state index in [0.29, 0.717) is 5.56 Å².